The van der Waals surface area contributed by atoms with Crippen LogP contribution in [0.2, 0.25) is 0 Å². The number of aliphatic imine (C=N–C) groups is 1. The first-order chi connectivity index (χ1) is 12.8. The van der Waals surface area contributed by atoms with Crippen LogP contribution in [0.4, 0.5) is 0 Å². The lowest BCUT2D eigenvalue weighted by molar-refractivity contribution is 0.297. The number of hydrogen-bond acceptors (Lipinski definition) is 3. The molecule has 3 rings (SSSR count). The summed E-state index contributed by atoms with van der Waals surface area (Å²) in [7, 11) is 0. The molecule has 1 aliphatic rings. The van der Waals surface area contributed by atoms with Crippen molar-refractivity contribution < 1.29 is 0 Å². The molecule has 0 aromatic carbocycles. The van der Waals surface area contributed by atoms with Crippen molar-refractivity contribution in [2.45, 2.75) is 58.8 Å². The third kappa shape index (κ3) is 4.54. The maximum absolute atomic E-state index is 4.88. The average Bonchev–Trinajstić information content (AvgIpc) is 3.31. The van der Waals surface area contributed by atoms with Crippen LogP contribution in [0.25, 0.3) is 5.65 Å². The van der Waals surface area contributed by atoms with Gasteiger partial charge in [-0.25, -0.2) is 0 Å². The van der Waals surface area contributed by atoms with E-state index in [0.717, 1.165) is 49.9 Å². The summed E-state index contributed by atoms with van der Waals surface area (Å²) in [5.74, 6) is 1.96. The van der Waals surface area contributed by atoms with Gasteiger partial charge in [-0.15, -0.1) is 10.2 Å². The van der Waals surface area contributed by atoms with Crippen molar-refractivity contribution in [3.05, 3.63) is 30.2 Å². The maximum atomic E-state index is 4.88. The zero-order valence-corrected chi connectivity index (χ0v) is 16.2. The first kappa shape index (κ1) is 18.7. The number of pyridine rings is 1. The Kier molecular flexibility index (Phi) is 6.47. The summed E-state index contributed by atoms with van der Waals surface area (Å²) in [6, 6.07) is 5.99. The number of guanidine groups is 1. The number of aryl methyl sites for hydroxylation is 1. The van der Waals surface area contributed by atoms with E-state index in [-0.39, 0.29) is 0 Å². The van der Waals surface area contributed by atoms with Crippen molar-refractivity contribution in [3.63, 3.8) is 0 Å². The molecule has 2 aromatic heterocycles. The van der Waals surface area contributed by atoms with E-state index >= 15 is 0 Å². The van der Waals surface area contributed by atoms with Gasteiger partial charge in [-0.1, -0.05) is 25.8 Å². The van der Waals surface area contributed by atoms with E-state index < -0.39 is 0 Å². The van der Waals surface area contributed by atoms with Gasteiger partial charge in [0.1, 0.15) is 5.82 Å². The summed E-state index contributed by atoms with van der Waals surface area (Å²) in [5.41, 5.74) is 1.34. The van der Waals surface area contributed by atoms with Crippen molar-refractivity contribution in [2.75, 3.05) is 19.6 Å². The first-order valence-corrected chi connectivity index (χ1v) is 10.1. The van der Waals surface area contributed by atoms with Crippen LogP contribution in [0, 0.1) is 5.41 Å². The van der Waals surface area contributed by atoms with Crippen LogP contribution in [0.1, 0.15) is 58.2 Å². The highest BCUT2D eigenvalue weighted by atomic mass is 15.2. The van der Waals surface area contributed by atoms with Gasteiger partial charge in [-0.3, -0.25) is 9.39 Å². The number of nitrogens with one attached hydrogen (secondary N) is 2. The summed E-state index contributed by atoms with van der Waals surface area (Å²) >= 11 is 0. The van der Waals surface area contributed by atoms with Crippen LogP contribution in [0.3, 0.4) is 0 Å². The molecule has 2 heterocycles. The molecule has 0 amide bonds. The lowest BCUT2D eigenvalue weighted by Gasteiger charge is -2.25. The van der Waals surface area contributed by atoms with Gasteiger partial charge in [0.25, 0.3) is 0 Å². The predicted octanol–water partition coefficient (Wildman–Crippen LogP) is 3.19. The molecular formula is C20H32N6. The summed E-state index contributed by atoms with van der Waals surface area (Å²) in [4.78, 5) is 4.88. The summed E-state index contributed by atoms with van der Waals surface area (Å²) in [6.07, 6.45) is 10.5. The Morgan fingerprint density at radius 2 is 2.04 bits per heavy atom. The van der Waals surface area contributed by atoms with E-state index in [0.29, 0.717) is 5.41 Å². The normalized spacial score (nSPS) is 16.9. The fourth-order valence-corrected chi connectivity index (χ4v) is 3.85. The Balaban J connectivity index is 1.50. The highest BCUT2D eigenvalue weighted by molar-refractivity contribution is 5.79. The SMILES string of the molecule is CCNC(=NCC1(CC)CCCC1)NCCCc1nnc2ccccn12. The zero-order chi connectivity index (χ0) is 18.2. The van der Waals surface area contributed by atoms with Gasteiger partial charge in [-0.05, 0) is 50.2 Å². The molecule has 6 nitrogen and oxygen atoms in total. The standard InChI is InChI=1S/C20H32N6/c1-3-20(12-6-7-13-20)16-23-19(21-4-2)22-14-9-11-18-25-24-17-10-5-8-15-26(17)18/h5,8,10,15H,3-4,6-7,9,11-14,16H2,1-2H3,(H2,21,22,23). The Labute approximate surface area is 156 Å². The maximum Gasteiger partial charge on any atom is 0.191 e. The van der Waals surface area contributed by atoms with Crippen LogP contribution >= 0.6 is 0 Å². The van der Waals surface area contributed by atoms with Gasteiger partial charge >= 0.3 is 0 Å². The topological polar surface area (TPSA) is 66.6 Å². The van der Waals surface area contributed by atoms with Gasteiger partial charge in [0.05, 0.1) is 0 Å². The Hall–Kier alpha value is -2.11. The van der Waals surface area contributed by atoms with Crippen molar-refractivity contribution in [1.82, 2.24) is 25.2 Å². The fourth-order valence-electron chi connectivity index (χ4n) is 3.85. The molecule has 6 heteroatoms. The smallest absolute Gasteiger partial charge is 0.191 e. The second kappa shape index (κ2) is 9.01. The molecule has 1 aliphatic carbocycles. The van der Waals surface area contributed by atoms with E-state index in [4.69, 9.17) is 4.99 Å². The number of fused-ring (bicyclic) bond motifs is 1. The van der Waals surface area contributed by atoms with Crippen molar-refractivity contribution in [1.29, 1.82) is 0 Å². The van der Waals surface area contributed by atoms with Gasteiger partial charge in [-0.2, -0.15) is 0 Å². The number of nitrogens with zero attached hydrogens (tertiary/aromatic N) is 4. The summed E-state index contributed by atoms with van der Waals surface area (Å²) in [6.45, 7) is 7.13. The molecule has 0 unspecified atom stereocenters. The third-order valence-corrected chi connectivity index (χ3v) is 5.58. The van der Waals surface area contributed by atoms with E-state index in [2.05, 4.69) is 39.1 Å². The predicted molar refractivity (Wildman–Crippen MR) is 106 cm³/mol. The lowest BCUT2D eigenvalue weighted by atomic mass is 9.84. The lowest BCUT2D eigenvalue weighted by Crippen LogP contribution is -2.39. The molecule has 0 bridgehead atoms. The van der Waals surface area contributed by atoms with E-state index in [1.807, 2.05) is 24.4 Å². The van der Waals surface area contributed by atoms with Crippen LogP contribution in [-0.4, -0.2) is 40.2 Å². The molecule has 2 aromatic rings. The van der Waals surface area contributed by atoms with Gasteiger partial charge in [0.2, 0.25) is 0 Å². The summed E-state index contributed by atoms with van der Waals surface area (Å²) < 4.78 is 2.06. The van der Waals surface area contributed by atoms with Crippen molar-refractivity contribution in [3.8, 4) is 0 Å². The molecule has 26 heavy (non-hydrogen) atoms. The largest absolute Gasteiger partial charge is 0.357 e. The molecular weight excluding hydrogens is 324 g/mol. The van der Waals surface area contributed by atoms with Gasteiger partial charge in [0, 0.05) is 32.3 Å². The Morgan fingerprint density at radius 3 is 2.81 bits per heavy atom. The number of aromatic nitrogens is 3. The van der Waals surface area contributed by atoms with E-state index in [1.54, 1.807) is 0 Å². The Bertz CT molecular complexity index is 714. The molecule has 1 saturated carbocycles. The summed E-state index contributed by atoms with van der Waals surface area (Å²) in [5, 5.41) is 15.4. The molecule has 0 saturated heterocycles. The molecule has 2 N–H and O–H groups in total. The number of rotatable bonds is 8. The van der Waals surface area contributed by atoms with Crippen molar-refractivity contribution >= 4 is 11.6 Å². The minimum absolute atomic E-state index is 0.433. The molecule has 0 aliphatic heterocycles. The second-order valence-corrected chi connectivity index (χ2v) is 7.33. The third-order valence-electron chi connectivity index (χ3n) is 5.58. The van der Waals surface area contributed by atoms with Gasteiger partial charge < -0.3 is 10.6 Å². The quantitative estimate of drug-likeness (QED) is 0.433. The minimum atomic E-state index is 0.433. The molecule has 142 valence electrons. The first-order valence-electron chi connectivity index (χ1n) is 10.1. The average molecular weight is 357 g/mol. The minimum Gasteiger partial charge on any atom is -0.357 e. The monoisotopic (exact) mass is 356 g/mol. The highest BCUT2D eigenvalue weighted by Gasteiger charge is 2.31. The molecule has 1 fully saturated rings. The molecule has 0 atom stereocenters. The van der Waals surface area contributed by atoms with Gasteiger partial charge in [0.15, 0.2) is 11.6 Å². The van der Waals surface area contributed by atoms with Crippen LogP contribution in [0.5, 0.6) is 0 Å². The second-order valence-electron chi connectivity index (χ2n) is 7.33. The van der Waals surface area contributed by atoms with E-state index in [1.165, 1.54) is 32.1 Å². The number of hydrogen-bond donors (Lipinski definition) is 2. The van der Waals surface area contributed by atoms with Crippen LogP contribution in [0.15, 0.2) is 29.4 Å². The van der Waals surface area contributed by atoms with E-state index in [9.17, 15) is 0 Å². The molecule has 0 radical (unpaired) electrons. The van der Waals surface area contributed by atoms with Crippen LogP contribution in [-0.2, 0) is 6.42 Å². The zero-order valence-electron chi connectivity index (χ0n) is 16.2. The highest BCUT2D eigenvalue weighted by Crippen LogP contribution is 2.41. The van der Waals surface area contributed by atoms with Crippen molar-refractivity contribution in [2.24, 2.45) is 10.4 Å². The Morgan fingerprint density at radius 1 is 1.19 bits per heavy atom. The van der Waals surface area contributed by atoms with Crippen LogP contribution < -0.4 is 10.6 Å². The fraction of sp³-hybridized carbons (Fsp3) is 0.650. The molecule has 0 spiro atoms.